The topological polar surface area (TPSA) is 32.3 Å². The lowest BCUT2D eigenvalue weighted by molar-refractivity contribution is 0.0417. The lowest BCUT2D eigenvalue weighted by Crippen LogP contribution is -2.64. The van der Waals surface area contributed by atoms with E-state index in [0.717, 1.165) is 6.54 Å². The van der Waals surface area contributed by atoms with Crippen LogP contribution in [0.2, 0.25) is 0 Å². The van der Waals surface area contributed by atoms with Gasteiger partial charge in [0.25, 0.3) is 5.91 Å². The second-order valence-corrected chi connectivity index (χ2v) is 6.52. The molecule has 0 radical (unpaired) electrons. The lowest BCUT2D eigenvalue weighted by atomic mass is 9.92. The second-order valence-electron chi connectivity index (χ2n) is 6.52. The van der Waals surface area contributed by atoms with Crippen LogP contribution in [0.15, 0.2) is 24.3 Å². The van der Waals surface area contributed by atoms with Gasteiger partial charge in [0.15, 0.2) is 0 Å². The maximum Gasteiger partial charge on any atom is 0.254 e. The van der Waals surface area contributed by atoms with Crippen LogP contribution in [0, 0.1) is 11.7 Å². The summed E-state index contributed by atoms with van der Waals surface area (Å²) < 4.78 is 13.3. The van der Waals surface area contributed by atoms with Crippen LogP contribution in [-0.4, -0.2) is 35.5 Å². The maximum absolute atomic E-state index is 13.3. The van der Waals surface area contributed by atoms with Crippen LogP contribution < -0.4 is 5.32 Å². The highest BCUT2D eigenvalue weighted by Gasteiger charge is 2.36. The van der Waals surface area contributed by atoms with E-state index in [1.165, 1.54) is 12.1 Å². The van der Waals surface area contributed by atoms with Gasteiger partial charge in [-0.25, -0.2) is 4.39 Å². The average Bonchev–Trinajstić information content (AvgIpc) is 2.36. The second kappa shape index (κ2) is 5.52. The lowest BCUT2D eigenvalue weighted by Gasteiger charge is -2.46. The summed E-state index contributed by atoms with van der Waals surface area (Å²) >= 11 is 0. The number of hydrogen-bond acceptors (Lipinski definition) is 2. The molecule has 0 aliphatic carbocycles. The van der Waals surface area contributed by atoms with E-state index in [9.17, 15) is 9.18 Å². The van der Waals surface area contributed by atoms with Crippen molar-refractivity contribution in [3.63, 3.8) is 0 Å². The number of hydrogen-bond donors (Lipinski definition) is 1. The Hall–Kier alpha value is -1.42. The maximum atomic E-state index is 13.3. The Kier molecular flexibility index (Phi) is 4.14. The van der Waals surface area contributed by atoms with Crippen LogP contribution in [0.25, 0.3) is 0 Å². The highest BCUT2D eigenvalue weighted by atomic mass is 19.1. The van der Waals surface area contributed by atoms with Gasteiger partial charge in [-0.15, -0.1) is 0 Å². The van der Waals surface area contributed by atoms with E-state index in [-0.39, 0.29) is 23.3 Å². The zero-order valence-corrected chi connectivity index (χ0v) is 12.6. The Balaban J connectivity index is 2.28. The third-order valence-electron chi connectivity index (χ3n) is 3.86. The van der Waals surface area contributed by atoms with E-state index in [1.54, 1.807) is 12.1 Å². The van der Waals surface area contributed by atoms with E-state index in [4.69, 9.17) is 0 Å². The average molecular weight is 278 g/mol. The predicted molar refractivity (Wildman–Crippen MR) is 78.1 cm³/mol. The van der Waals surface area contributed by atoms with Gasteiger partial charge in [0.05, 0.1) is 0 Å². The molecular weight excluding hydrogens is 255 g/mol. The Morgan fingerprint density at radius 3 is 2.75 bits per heavy atom. The monoisotopic (exact) mass is 278 g/mol. The molecule has 0 bridgehead atoms. The molecule has 2 rings (SSSR count). The van der Waals surface area contributed by atoms with Crippen LogP contribution in [-0.2, 0) is 0 Å². The molecule has 1 aromatic rings. The first-order valence-electron chi connectivity index (χ1n) is 7.12. The van der Waals surface area contributed by atoms with Gasteiger partial charge in [-0.2, -0.15) is 0 Å². The third-order valence-corrected chi connectivity index (χ3v) is 3.86. The van der Waals surface area contributed by atoms with Crippen molar-refractivity contribution >= 4 is 5.91 Å². The largest absolute Gasteiger partial charge is 0.332 e. The molecule has 1 aromatic carbocycles. The predicted octanol–water partition coefficient (Wildman–Crippen LogP) is 2.67. The molecule has 1 amide bonds. The van der Waals surface area contributed by atoms with Crippen molar-refractivity contribution in [3.05, 3.63) is 35.6 Å². The van der Waals surface area contributed by atoms with Crippen molar-refractivity contribution in [2.45, 2.75) is 39.3 Å². The molecule has 110 valence electrons. The smallest absolute Gasteiger partial charge is 0.254 e. The van der Waals surface area contributed by atoms with Crippen molar-refractivity contribution in [2.75, 3.05) is 13.1 Å². The SMILES string of the molecule is CC(C)C1CNC(C)(C)CN1C(=O)c1cccc(F)c1. The molecule has 1 fully saturated rings. The summed E-state index contributed by atoms with van der Waals surface area (Å²) in [4.78, 5) is 14.6. The zero-order valence-electron chi connectivity index (χ0n) is 12.6. The summed E-state index contributed by atoms with van der Waals surface area (Å²) in [5.74, 6) is -0.0970. The molecule has 20 heavy (non-hydrogen) atoms. The van der Waals surface area contributed by atoms with Crippen LogP contribution in [0.5, 0.6) is 0 Å². The van der Waals surface area contributed by atoms with Crippen LogP contribution in [0.4, 0.5) is 4.39 Å². The van der Waals surface area contributed by atoms with E-state index >= 15 is 0 Å². The van der Waals surface area contributed by atoms with Crippen LogP contribution in [0.3, 0.4) is 0 Å². The Morgan fingerprint density at radius 1 is 1.45 bits per heavy atom. The van der Waals surface area contributed by atoms with Gasteiger partial charge in [-0.1, -0.05) is 19.9 Å². The number of benzene rings is 1. The van der Waals surface area contributed by atoms with Gasteiger partial charge in [-0.3, -0.25) is 4.79 Å². The molecule has 0 spiro atoms. The Labute approximate surface area is 120 Å². The summed E-state index contributed by atoms with van der Waals surface area (Å²) in [6, 6.07) is 6.07. The van der Waals surface area contributed by atoms with Gasteiger partial charge in [0.2, 0.25) is 0 Å². The first-order chi connectivity index (χ1) is 9.30. The van der Waals surface area contributed by atoms with E-state index in [2.05, 4.69) is 33.0 Å². The number of nitrogens with one attached hydrogen (secondary N) is 1. The van der Waals surface area contributed by atoms with Gasteiger partial charge in [0.1, 0.15) is 5.82 Å². The number of rotatable bonds is 2. The van der Waals surface area contributed by atoms with Gasteiger partial charge in [-0.05, 0) is 38.0 Å². The van der Waals surface area contributed by atoms with Crippen molar-refractivity contribution in [1.29, 1.82) is 0 Å². The molecule has 0 saturated carbocycles. The third kappa shape index (κ3) is 3.18. The first-order valence-corrected chi connectivity index (χ1v) is 7.12. The molecule has 1 N–H and O–H groups in total. The minimum atomic E-state index is -0.369. The Bertz CT molecular complexity index is 499. The zero-order chi connectivity index (χ0) is 14.9. The molecule has 1 aliphatic heterocycles. The summed E-state index contributed by atoms with van der Waals surface area (Å²) in [7, 11) is 0. The number of carbonyl (C=O) groups is 1. The Morgan fingerprint density at radius 2 is 2.15 bits per heavy atom. The van der Waals surface area contributed by atoms with Crippen molar-refractivity contribution in [1.82, 2.24) is 10.2 Å². The molecule has 3 nitrogen and oxygen atoms in total. The minimum Gasteiger partial charge on any atom is -0.332 e. The standard InChI is InChI=1S/C16H23FN2O/c1-11(2)14-9-18-16(3,4)10-19(14)15(20)12-6-5-7-13(17)8-12/h5-8,11,14,18H,9-10H2,1-4H3. The van der Waals surface area contributed by atoms with Crippen molar-refractivity contribution in [2.24, 2.45) is 5.92 Å². The first kappa shape index (κ1) is 15.0. The summed E-state index contributed by atoms with van der Waals surface area (Å²) in [6.07, 6.45) is 0. The molecule has 1 atom stereocenters. The molecule has 1 aliphatic rings. The molecular formula is C16H23FN2O. The summed E-state index contributed by atoms with van der Waals surface area (Å²) in [6.45, 7) is 9.77. The fourth-order valence-electron chi connectivity index (χ4n) is 2.70. The fraction of sp³-hybridized carbons (Fsp3) is 0.562. The molecule has 0 aromatic heterocycles. The number of nitrogens with zero attached hydrogens (tertiary/aromatic N) is 1. The van der Waals surface area contributed by atoms with Crippen LogP contribution in [0.1, 0.15) is 38.1 Å². The molecule has 1 heterocycles. The van der Waals surface area contributed by atoms with Crippen LogP contribution >= 0.6 is 0 Å². The highest BCUT2D eigenvalue weighted by Crippen LogP contribution is 2.22. The summed E-state index contributed by atoms with van der Waals surface area (Å²) in [5.41, 5.74) is 0.308. The van der Waals surface area contributed by atoms with Gasteiger partial charge in [0, 0.05) is 30.2 Å². The molecule has 4 heteroatoms. The van der Waals surface area contributed by atoms with Crippen molar-refractivity contribution in [3.8, 4) is 0 Å². The molecule has 1 unspecified atom stereocenters. The summed E-state index contributed by atoms with van der Waals surface area (Å²) in [5, 5.41) is 3.47. The number of amides is 1. The molecule has 1 saturated heterocycles. The normalized spacial score (nSPS) is 22.1. The number of halogens is 1. The van der Waals surface area contributed by atoms with E-state index < -0.39 is 0 Å². The van der Waals surface area contributed by atoms with Crippen molar-refractivity contribution < 1.29 is 9.18 Å². The van der Waals surface area contributed by atoms with Gasteiger partial charge < -0.3 is 10.2 Å². The number of piperazine rings is 1. The van der Waals surface area contributed by atoms with Gasteiger partial charge >= 0.3 is 0 Å². The van der Waals surface area contributed by atoms with E-state index in [0.29, 0.717) is 18.0 Å². The number of carbonyl (C=O) groups excluding carboxylic acids is 1. The quantitative estimate of drug-likeness (QED) is 0.902. The minimum absolute atomic E-state index is 0.0854. The van der Waals surface area contributed by atoms with E-state index in [1.807, 2.05) is 4.90 Å². The highest BCUT2D eigenvalue weighted by molar-refractivity contribution is 5.94. The fourth-order valence-corrected chi connectivity index (χ4v) is 2.70.